The Bertz CT molecular complexity index is 1600. The quantitative estimate of drug-likeness (QED) is 0.531. The topological polar surface area (TPSA) is 106 Å². The van der Waals surface area contributed by atoms with Crippen LogP contribution in [0.1, 0.15) is 12.8 Å². The van der Waals surface area contributed by atoms with Crippen LogP contribution < -0.4 is 0 Å². The maximum Gasteiger partial charge on any atom is 0.185 e. The molecule has 0 heterocycles. The molecule has 0 aliphatic heterocycles. The van der Waals surface area contributed by atoms with Gasteiger partial charge >= 0.3 is 0 Å². The number of ketones is 1. The molecule has 8 rings (SSSR count). The van der Waals surface area contributed by atoms with E-state index in [1.807, 2.05) is 0 Å². The third kappa shape index (κ3) is 2.32. The number of hydrogen-bond acceptors (Lipinski definition) is 6. The van der Waals surface area contributed by atoms with E-state index in [-0.39, 0.29) is 69.2 Å². The van der Waals surface area contributed by atoms with E-state index in [0.717, 1.165) is 0 Å². The second kappa shape index (κ2) is 7.07. The lowest BCUT2D eigenvalue weighted by atomic mass is 9.63. The summed E-state index contributed by atoms with van der Waals surface area (Å²) in [6, 6.07) is 16.7. The summed E-state index contributed by atoms with van der Waals surface area (Å²) >= 11 is 0. The zero-order valence-electron chi connectivity index (χ0n) is 20.8. The molecule has 1 N–H and O–H groups in total. The minimum atomic E-state index is -3.93. The van der Waals surface area contributed by atoms with Gasteiger partial charge in [-0.05, 0) is 78.5 Å². The van der Waals surface area contributed by atoms with E-state index in [1.165, 1.54) is 0 Å². The minimum Gasteiger partial charge on any atom is -0.385 e. The van der Waals surface area contributed by atoms with Crippen molar-refractivity contribution in [2.24, 2.45) is 59.2 Å². The van der Waals surface area contributed by atoms with Crippen molar-refractivity contribution in [1.29, 1.82) is 0 Å². The highest BCUT2D eigenvalue weighted by Crippen LogP contribution is 2.87. The predicted molar refractivity (Wildman–Crippen MR) is 139 cm³/mol. The molecule has 0 saturated heterocycles. The molecule has 8 heteroatoms. The molecule has 6 aliphatic rings. The molecular weight excluding hydrogens is 520 g/mol. The van der Waals surface area contributed by atoms with E-state index in [4.69, 9.17) is 0 Å². The van der Waals surface area contributed by atoms with Crippen molar-refractivity contribution in [3.05, 3.63) is 73.3 Å². The summed E-state index contributed by atoms with van der Waals surface area (Å²) in [4.78, 5) is 14.8. The Hall–Kier alpha value is -2.29. The normalized spacial score (nSPS) is 46.9. The molecule has 6 nitrogen and oxygen atoms in total. The van der Waals surface area contributed by atoms with Crippen LogP contribution in [-0.4, -0.2) is 43.8 Å². The van der Waals surface area contributed by atoms with Gasteiger partial charge in [-0.3, -0.25) is 4.79 Å². The van der Waals surface area contributed by atoms with E-state index in [0.29, 0.717) is 6.42 Å². The Labute approximate surface area is 223 Å². The molecule has 2 aromatic carbocycles. The highest BCUT2D eigenvalue weighted by atomic mass is 32.2. The van der Waals surface area contributed by atoms with Gasteiger partial charge in [0.2, 0.25) is 0 Å². The molecule has 12 atom stereocenters. The molecule has 0 spiro atoms. The predicted octanol–water partition coefficient (Wildman–Crippen LogP) is 3.18. The first-order valence-electron chi connectivity index (χ1n) is 13.6. The van der Waals surface area contributed by atoms with Crippen molar-refractivity contribution < 1.29 is 26.7 Å². The summed E-state index contributed by atoms with van der Waals surface area (Å²) in [6.07, 6.45) is 2.25. The fraction of sp³-hybridized carbons (Fsp3) is 0.500. The molecule has 0 unspecified atom stereocenters. The van der Waals surface area contributed by atoms with Crippen molar-refractivity contribution in [3.8, 4) is 0 Å². The van der Waals surface area contributed by atoms with Gasteiger partial charge in [0.25, 0.3) is 0 Å². The Morgan fingerprint density at radius 2 is 1.53 bits per heavy atom. The molecule has 38 heavy (non-hydrogen) atoms. The molecule has 0 radical (unpaired) electrons. The first-order chi connectivity index (χ1) is 18.1. The molecule has 6 aliphatic carbocycles. The summed E-state index contributed by atoms with van der Waals surface area (Å²) in [5.74, 6) is -2.14. The van der Waals surface area contributed by atoms with Crippen LogP contribution in [0.4, 0.5) is 0 Å². The van der Waals surface area contributed by atoms with Gasteiger partial charge in [-0.25, -0.2) is 16.8 Å². The van der Waals surface area contributed by atoms with Gasteiger partial charge in [0.05, 0.1) is 25.9 Å². The number of rotatable bonds is 7. The average molecular weight is 551 g/mol. The number of fused-ring (bicyclic) bond motifs is 3. The van der Waals surface area contributed by atoms with Crippen LogP contribution in [0, 0.1) is 59.2 Å². The maximum absolute atomic E-state index is 14.5. The van der Waals surface area contributed by atoms with Gasteiger partial charge in [-0.2, -0.15) is 0 Å². The SMILES string of the molecule is C=C[C@]1(O)[C@H]2[C@@H](CCS(=O)(=O)c3ccccc3)[C@H]3C(=O)[C@H]4[C@H]5[C@H]6C[C@@]4(S(=O)(=O)c4ccccc4)[C@H]1[C@H]6[C@H]2[C@@H]35. The van der Waals surface area contributed by atoms with Crippen molar-refractivity contribution >= 4 is 25.5 Å². The lowest BCUT2D eigenvalue weighted by molar-refractivity contribution is -0.132. The maximum atomic E-state index is 14.5. The molecule has 0 aromatic heterocycles. The van der Waals surface area contributed by atoms with Gasteiger partial charge in [-0.15, -0.1) is 6.58 Å². The van der Waals surface area contributed by atoms with Crippen molar-refractivity contribution in [2.45, 2.75) is 33.0 Å². The van der Waals surface area contributed by atoms with E-state index in [1.54, 1.807) is 66.7 Å². The largest absolute Gasteiger partial charge is 0.385 e. The van der Waals surface area contributed by atoms with Gasteiger partial charge in [0, 0.05) is 17.8 Å². The number of sulfone groups is 2. The lowest BCUT2D eigenvalue weighted by Crippen LogP contribution is -2.61. The number of aliphatic hydroxyl groups is 1. The number of carbonyl (C=O) groups excluding carboxylic acids is 1. The number of Topliss-reactive ketones (excluding diaryl/α,β-unsaturated/α-hetero) is 1. The monoisotopic (exact) mass is 550 g/mol. The van der Waals surface area contributed by atoms with Crippen LogP contribution in [0.3, 0.4) is 0 Å². The Morgan fingerprint density at radius 3 is 2.16 bits per heavy atom. The number of carbonyl (C=O) groups is 1. The first kappa shape index (κ1) is 23.6. The van der Waals surface area contributed by atoms with Gasteiger partial charge < -0.3 is 5.11 Å². The Morgan fingerprint density at radius 1 is 0.895 bits per heavy atom. The fourth-order valence-electron chi connectivity index (χ4n) is 11.3. The second-order valence-corrected chi connectivity index (χ2v) is 16.9. The first-order valence-corrected chi connectivity index (χ1v) is 16.7. The lowest BCUT2D eigenvalue weighted by Gasteiger charge is -2.49. The van der Waals surface area contributed by atoms with Gasteiger partial charge in [-0.1, -0.05) is 42.5 Å². The van der Waals surface area contributed by atoms with Crippen LogP contribution in [0.25, 0.3) is 0 Å². The van der Waals surface area contributed by atoms with Crippen LogP contribution in [-0.2, 0) is 24.5 Å². The van der Waals surface area contributed by atoms with Crippen molar-refractivity contribution in [2.75, 3.05) is 5.75 Å². The summed E-state index contributed by atoms with van der Waals surface area (Å²) in [6.45, 7) is 4.01. The van der Waals surface area contributed by atoms with Gasteiger partial charge in [0.1, 0.15) is 5.78 Å². The van der Waals surface area contributed by atoms with Crippen molar-refractivity contribution in [3.63, 3.8) is 0 Å². The molecule has 2 aromatic rings. The zero-order chi connectivity index (χ0) is 26.4. The van der Waals surface area contributed by atoms with Crippen LogP contribution >= 0.6 is 0 Å². The van der Waals surface area contributed by atoms with Crippen LogP contribution in [0.5, 0.6) is 0 Å². The van der Waals surface area contributed by atoms with Crippen LogP contribution in [0.15, 0.2) is 83.1 Å². The van der Waals surface area contributed by atoms with E-state index < -0.39 is 47.8 Å². The summed E-state index contributed by atoms with van der Waals surface area (Å²) < 4.78 is 54.0. The van der Waals surface area contributed by atoms with Gasteiger partial charge in [0.15, 0.2) is 19.7 Å². The standard InChI is InChI=1S/C30H30O6S2/c1-2-29(32)25-18(13-14-37(33,34)16-9-5-3-6-10-16)21-23-20-19-15-30(26(20)27(21)31,28(29)22(19)24(23)25)38(35,36)17-11-7-4-8-12-17/h2-12,18-26,28,32H,1,13-15H2/t18-,19+,20-,21+,22+,23+,24-,25-,26+,28-,29-,30-/m0/s1. The van der Waals surface area contributed by atoms with E-state index >= 15 is 0 Å². The summed E-state index contributed by atoms with van der Waals surface area (Å²) in [5.41, 5.74) is -1.45. The second-order valence-electron chi connectivity index (χ2n) is 12.5. The highest BCUT2D eigenvalue weighted by molar-refractivity contribution is 7.93. The molecule has 198 valence electrons. The fourth-order valence-corrected chi connectivity index (χ4v) is 15.3. The van der Waals surface area contributed by atoms with E-state index in [2.05, 4.69) is 6.58 Å². The minimum absolute atomic E-state index is 0.00544. The summed E-state index contributed by atoms with van der Waals surface area (Å²) in [5, 5.41) is 12.4. The third-order valence-corrected chi connectivity index (χ3v) is 16.2. The van der Waals surface area contributed by atoms with Crippen molar-refractivity contribution in [1.82, 2.24) is 0 Å². The zero-order valence-corrected chi connectivity index (χ0v) is 22.4. The molecule has 2 bridgehead atoms. The molecule has 0 amide bonds. The highest BCUT2D eigenvalue weighted by Gasteiger charge is 2.92. The molecular formula is C30H30O6S2. The number of hydrogen-bond donors (Lipinski definition) is 1. The average Bonchev–Trinajstić information content (AvgIpc) is 3.70. The molecule has 6 saturated carbocycles. The Balaban J connectivity index is 1.26. The molecule has 6 fully saturated rings. The van der Waals surface area contributed by atoms with E-state index in [9.17, 15) is 26.7 Å². The third-order valence-electron chi connectivity index (χ3n) is 11.8. The summed E-state index contributed by atoms with van der Waals surface area (Å²) in [7, 11) is -7.49. The Kier molecular flexibility index (Phi) is 4.39. The smallest absolute Gasteiger partial charge is 0.185 e. The van der Waals surface area contributed by atoms with Crippen LogP contribution in [0.2, 0.25) is 0 Å². The number of benzene rings is 2.